The Kier molecular flexibility index (Phi) is 7.01. The fourth-order valence-corrected chi connectivity index (χ4v) is 1.98. The van der Waals surface area contributed by atoms with E-state index in [0.29, 0.717) is 18.0 Å². The predicted molar refractivity (Wildman–Crippen MR) is 74.4 cm³/mol. The van der Waals surface area contributed by atoms with Crippen molar-refractivity contribution in [3.05, 3.63) is 23.8 Å². The van der Waals surface area contributed by atoms with Gasteiger partial charge in [0.25, 0.3) is 0 Å². The molecule has 7 heteroatoms. The van der Waals surface area contributed by atoms with Crippen molar-refractivity contribution < 1.29 is 22.6 Å². The molecule has 0 heterocycles. The Balaban J connectivity index is 2.65. The molecule has 1 aromatic carbocycles. The molecule has 0 bridgehead atoms. The van der Waals surface area contributed by atoms with Crippen molar-refractivity contribution in [2.24, 2.45) is 0 Å². The second-order valence-corrected chi connectivity index (χ2v) is 5.03. The number of methoxy groups -OCH3 is 1. The first kappa shape index (κ1) is 17.0. The van der Waals surface area contributed by atoms with Gasteiger partial charge in [0.1, 0.15) is 0 Å². The summed E-state index contributed by atoms with van der Waals surface area (Å²) >= 11 is -0.0914. The van der Waals surface area contributed by atoms with E-state index in [9.17, 15) is 13.2 Å². The van der Waals surface area contributed by atoms with Crippen LogP contribution in [0.5, 0.6) is 11.5 Å². The van der Waals surface area contributed by atoms with Gasteiger partial charge >= 0.3 is 5.51 Å². The Hall–Kier alpha value is -1.08. The van der Waals surface area contributed by atoms with Gasteiger partial charge in [0.05, 0.1) is 13.7 Å². The van der Waals surface area contributed by atoms with Crippen molar-refractivity contribution >= 4 is 11.8 Å². The summed E-state index contributed by atoms with van der Waals surface area (Å²) in [5, 5.41) is 3.15. The second-order valence-electron chi connectivity index (χ2n) is 3.87. The monoisotopic (exact) mass is 309 g/mol. The number of hydrogen-bond donors (Lipinski definition) is 1. The lowest BCUT2D eigenvalue weighted by Crippen LogP contribution is -2.14. The second kappa shape index (κ2) is 8.26. The van der Waals surface area contributed by atoms with E-state index in [1.165, 1.54) is 7.11 Å². The van der Waals surface area contributed by atoms with Gasteiger partial charge in [0, 0.05) is 17.9 Å². The van der Waals surface area contributed by atoms with Crippen molar-refractivity contribution in [1.82, 2.24) is 5.32 Å². The van der Waals surface area contributed by atoms with Crippen LogP contribution in [0.4, 0.5) is 13.2 Å². The van der Waals surface area contributed by atoms with Gasteiger partial charge in [-0.25, -0.2) is 0 Å². The molecule has 1 N–H and O–H groups in total. The number of alkyl halides is 3. The number of thioether (sulfide) groups is 1. The van der Waals surface area contributed by atoms with Gasteiger partial charge in [0.2, 0.25) is 0 Å². The Morgan fingerprint density at radius 2 is 2.05 bits per heavy atom. The summed E-state index contributed by atoms with van der Waals surface area (Å²) in [6.45, 7) is 3.32. The molecule has 114 valence electrons. The fraction of sp³-hybridized carbons (Fsp3) is 0.538. The minimum atomic E-state index is -4.23. The molecule has 3 nitrogen and oxygen atoms in total. The zero-order valence-corrected chi connectivity index (χ0v) is 12.2. The van der Waals surface area contributed by atoms with Gasteiger partial charge in [-0.1, -0.05) is 19.1 Å². The number of rotatable bonds is 8. The summed E-state index contributed by atoms with van der Waals surface area (Å²) in [4.78, 5) is 0. The number of hydrogen-bond acceptors (Lipinski definition) is 4. The van der Waals surface area contributed by atoms with Crippen LogP contribution >= 0.6 is 11.8 Å². The maximum atomic E-state index is 12.0. The third kappa shape index (κ3) is 5.92. The van der Waals surface area contributed by atoms with E-state index in [4.69, 9.17) is 9.47 Å². The van der Waals surface area contributed by atoms with E-state index >= 15 is 0 Å². The molecule has 0 spiro atoms. The Bertz CT molecular complexity index is 413. The molecule has 0 atom stereocenters. The topological polar surface area (TPSA) is 30.5 Å². The molecule has 0 saturated carbocycles. The maximum Gasteiger partial charge on any atom is 0.441 e. The van der Waals surface area contributed by atoms with Crippen LogP contribution in [0.25, 0.3) is 0 Å². The van der Waals surface area contributed by atoms with Crippen molar-refractivity contribution in [2.45, 2.75) is 19.0 Å². The van der Waals surface area contributed by atoms with Crippen LogP contribution in [-0.2, 0) is 6.54 Å². The van der Waals surface area contributed by atoms with Gasteiger partial charge in [-0.3, -0.25) is 0 Å². The molecule has 0 fully saturated rings. The smallest absolute Gasteiger partial charge is 0.441 e. The maximum absolute atomic E-state index is 12.0. The first-order chi connectivity index (χ1) is 9.48. The summed E-state index contributed by atoms with van der Waals surface area (Å²) in [6, 6.07) is 5.40. The number of nitrogens with one attached hydrogen (secondary N) is 1. The summed E-state index contributed by atoms with van der Waals surface area (Å²) in [5.41, 5.74) is -3.36. The summed E-state index contributed by atoms with van der Waals surface area (Å²) in [5.74, 6) is 0.874. The van der Waals surface area contributed by atoms with Gasteiger partial charge in [-0.05, 0) is 24.4 Å². The van der Waals surface area contributed by atoms with Crippen molar-refractivity contribution in [3.63, 3.8) is 0 Å². The lowest BCUT2D eigenvalue weighted by molar-refractivity contribution is -0.0329. The molecule has 1 aromatic rings. The lowest BCUT2D eigenvalue weighted by Gasteiger charge is -2.15. The number of ether oxygens (including phenoxy) is 2. The van der Waals surface area contributed by atoms with Crippen LogP contribution in [0.1, 0.15) is 12.5 Å². The average Bonchev–Trinajstić information content (AvgIpc) is 2.40. The summed E-state index contributed by atoms with van der Waals surface area (Å²) in [7, 11) is 1.50. The normalized spacial score (nSPS) is 11.4. The Morgan fingerprint density at radius 3 is 2.65 bits per heavy atom. The third-order valence-electron chi connectivity index (χ3n) is 2.44. The van der Waals surface area contributed by atoms with E-state index < -0.39 is 5.51 Å². The predicted octanol–water partition coefficient (Wildman–Crippen LogP) is 3.44. The van der Waals surface area contributed by atoms with Crippen LogP contribution in [-0.4, -0.2) is 31.5 Å². The van der Waals surface area contributed by atoms with E-state index in [-0.39, 0.29) is 24.1 Å². The van der Waals surface area contributed by atoms with E-state index in [1.54, 1.807) is 6.07 Å². The molecule has 0 saturated heterocycles. The van der Waals surface area contributed by atoms with Gasteiger partial charge in [0.15, 0.2) is 11.5 Å². The minimum Gasteiger partial charge on any atom is -0.493 e. The fourth-order valence-electron chi connectivity index (χ4n) is 1.59. The zero-order valence-electron chi connectivity index (χ0n) is 11.4. The standard InChI is InChI=1S/C13H18F3NO2S/c1-3-17-9-10-5-4-6-11(18-2)12(10)19-7-8-20-13(14,15)16/h4-6,17H,3,7-9H2,1-2H3. The highest BCUT2D eigenvalue weighted by atomic mass is 32.2. The Labute approximate surface area is 120 Å². The van der Waals surface area contributed by atoms with Crippen molar-refractivity contribution in [1.29, 1.82) is 0 Å². The number of benzene rings is 1. The quantitative estimate of drug-likeness (QED) is 0.745. The molecule has 1 rings (SSSR count). The van der Waals surface area contributed by atoms with E-state index in [2.05, 4.69) is 5.32 Å². The largest absolute Gasteiger partial charge is 0.493 e. The highest BCUT2D eigenvalue weighted by Gasteiger charge is 2.27. The molecule has 0 amide bonds. The van der Waals surface area contributed by atoms with Gasteiger partial charge in [-0.15, -0.1) is 0 Å². The number of para-hydroxylation sites is 1. The molecule has 0 aliphatic rings. The molecule has 0 unspecified atom stereocenters. The molecule has 0 aromatic heterocycles. The van der Waals surface area contributed by atoms with Crippen molar-refractivity contribution in [2.75, 3.05) is 26.0 Å². The van der Waals surface area contributed by atoms with Crippen molar-refractivity contribution in [3.8, 4) is 11.5 Å². The first-order valence-corrected chi connectivity index (χ1v) is 7.16. The Morgan fingerprint density at radius 1 is 1.30 bits per heavy atom. The molecule has 0 radical (unpaired) electrons. The van der Waals surface area contributed by atoms with Gasteiger partial charge in [-0.2, -0.15) is 13.2 Å². The molecular weight excluding hydrogens is 291 g/mol. The highest BCUT2D eigenvalue weighted by molar-refractivity contribution is 8.00. The van der Waals surface area contributed by atoms with Crippen LogP contribution < -0.4 is 14.8 Å². The molecular formula is C13H18F3NO2S. The molecule has 0 aliphatic carbocycles. The zero-order chi connectivity index (χ0) is 15.0. The van der Waals surface area contributed by atoms with Gasteiger partial charge < -0.3 is 14.8 Å². The van der Waals surface area contributed by atoms with Crippen LogP contribution in [0.2, 0.25) is 0 Å². The number of halogens is 3. The highest BCUT2D eigenvalue weighted by Crippen LogP contribution is 2.33. The average molecular weight is 309 g/mol. The summed E-state index contributed by atoms with van der Waals surface area (Å²) < 4.78 is 46.8. The summed E-state index contributed by atoms with van der Waals surface area (Å²) in [6.07, 6.45) is 0. The first-order valence-electron chi connectivity index (χ1n) is 6.18. The van der Waals surface area contributed by atoms with Crippen LogP contribution in [0.15, 0.2) is 18.2 Å². The SMILES string of the molecule is CCNCc1cccc(OC)c1OCCSC(F)(F)F. The molecule has 20 heavy (non-hydrogen) atoms. The molecule has 0 aliphatic heterocycles. The van der Waals surface area contributed by atoms with Crippen LogP contribution in [0, 0.1) is 0 Å². The van der Waals surface area contributed by atoms with Crippen LogP contribution in [0.3, 0.4) is 0 Å². The minimum absolute atomic E-state index is 0.0241. The van der Waals surface area contributed by atoms with E-state index in [0.717, 1.165) is 12.1 Å². The van der Waals surface area contributed by atoms with E-state index in [1.807, 2.05) is 19.1 Å². The lowest BCUT2D eigenvalue weighted by atomic mass is 10.2. The third-order valence-corrected chi connectivity index (χ3v) is 3.14.